The van der Waals surface area contributed by atoms with Crippen molar-refractivity contribution in [2.75, 3.05) is 32.7 Å². The van der Waals surface area contributed by atoms with Crippen LogP contribution in [0.1, 0.15) is 19.8 Å². The molecule has 17 heavy (non-hydrogen) atoms. The second-order valence-electron chi connectivity index (χ2n) is 4.46. The number of hydrogen-bond donors (Lipinski definition) is 2. The SMILES string of the molecule is CCCC(N)C(=O)N1CCN(CC(N)=O)CC1. The van der Waals surface area contributed by atoms with Crippen molar-refractivity contribution in [2.45, 2.75) is 25.8 Å². The van der Waals surface area contributed by atoms with Gasteiger partial charge in [0.05, 0.1) is 12.6 Å². The highest BCUT2D eigenvalue weighted by atomic mass is 16.2. The summed E-state index contributed by atoms with van der Waals surface area (Å²) in [5, 5.41) is 0. The molecule has 0 bridgehead atoms. The summed E-state index contributed by atoms with van der Waals surface area (Å²) in [7, 11) is 0. The van der Waals surface area contributed by atoms with E-state index in [2.05, 4.69) is 0 Å². The molecule has 1 atom stereocenters. The highest BCUT2D eigenvalue weighted by molar-refractivity contribution is 5.81. The minimum Gasteiger partial charge on any atom is -0.369 e. The molecule has 2 amide bonds. The fourth-order valence-corrected chi connectivity index (χ4v) is 2.02. The molecule has 6 heteroatoms. The lowest BCUT2D eigenvalue weighted by atomic mass is 10.1. The van der Waals surface area contributed by atoms with Crippen LogP contribution in [0.3, 0.4) is 0 Å². The van der Waals surface area contributed by atoms with Gasteiger partial charge in [-0.05, 0) is 6.42 Å². The van der Waals surface area contributed by atoms with Crippen molar-refractivity contribution in [1.29, 1.82) is 0 Å². The Morgan fingerprint density at radius 3 is 2.29 bits per heavy atom. The standard InChI is InChI=1S/C11H22N4O2/c1-2-3-9(12)11(17)15-6-4-14(5-7-15)8-10(13)16/h9H,2-8,12H2,1H3,(H2,13,16). The molecule has 1 aliphatic heterocycles. The summed E-state index contributed by atoms with van der Waals surface area (Å²) in [6.45, 7) is 4.91. The average Bonchev–Trinajstić information content (AvgIpc) is 2.28. The van der Waals surface area contributed by atoms with E-state index >= 15 is 0 Å². The highest BCUT2D eigenvalue weighted by Crippen LogP contribution is 2.05. The van der Waals surface area contributed by atoms with Crippen LogP contribution in [0.15, 0.2) is 0 Å². The van der Waals surface area contributed by atoms with E-state index in [-0.39, 0.29) is 24.4 Å². The third-order valence-corrected chi connectivity index (χ3v) is 2.98. The van der Waals surface area contributed by atoms with Crippen LogP contribution >= 0.6 is 0 Å². The van der Waals surface area contributed by atoms with Gasteiger partial charge in [-0.2, -0.15) is 0 Å². The van der Waals surface area contributed by atoms with Crippen LogP contribution in [0.4, 0.5) is 0 Å². The van der Waals surface area contributed by atoms with E-state index < -0.39 is 0 Å². The summed E-state index contributed by atoms with van der Waals surface area (Å²) in [5.41, 5.74) is 10.9. The summed E-state index contributed by atoms with van der Waals surface area (Å²) in [6.07, 6.45) is 1.63. The first-order valence-electron chi connectivity index (χ1n) is 6.09. The van der Waals surface area contributed by atoms with Crippen molar-refractivity contribution in [1.82, 2.24) is 9.80 Å². The van der Waals surface area contributed by atoms with Crippen molar-refractivity contribution in [2.24, 2.45) is 11.5 Å². The van der Waals surface area contributed by atoms with E-state index in [9.17, 15) is 9.59 Å². The number of hydrogen-bond acceptors (Lipinski definition) is 4. The van der Waals surface area contributed by atoms with Crippen LogP contribution < -0.4 is 11.5 Å². The first-order chi connectivity index (χ1) is 8.04. The molecule has 0 radical (unpaired) electrons. The molecule has 1 heterocycles. The minimum absolute atomic E-state index is 0.0191. The molecule has 0 aromatic carbocycles. The van der Waals surface area contributed by atoms with Crippen molar-refractivity contribution < 1.29 is 9.59 Å². The Hall–Kier alpha value is -1.14. The quantitative estimate of drug-likeness (QED) is 0.629. The lowest BCUT2D eigenvalue weighted by Gasteiger charge is -2.35. The molecular weight excluding hydrogens is 220 g/mol. The van der Waals surface area contributed by atoms with Crippen molar-refractivity contribution in [3.05, 3.63) is 0 Å². The number of carbonyl (C=O) groups is 2. The normalized spacial score (nSPS) is 19.1. The first-order valence-corrected chi connectivity index (χ1v) is 6.09. The lowest BCUT2D eigenvalue weighted by Crippen LogP contribution is -2.54. The van der Waals surface area contributed by atoms with Gasteiger partial charge in [-0.3, -0.25) is 14.5 Å². The summed E-state index contributed by atoms with van der Waals surface area (Å²) >= 11 is 0. The van der Waals surface area contributed by atoms with Crippen LogP contribution in [0.2, 0.25) is 0 Å². The lowest BCUT2D eigenvalue weighted by molar-refractivity contribution is -0.134. The Morgan fingerprint density at radius 1 is 1.24 bits per heavy atom. The molecule has 6 nitrogen and oxygen atoms in total. The van der Waals surface area contributed by atoms with Gasteiger partial charge in [0.1, 0.15) is 0 Å². The highest BCUT2D eigenvalue weighted by Gasteiger charge is 2.24. The van der Waals surface area contributed by atoms with Gasteiger partial charge >= 0.3 is 0 Å². The molecule has 0 aliphatic carbocycles. The molecule has 1 saturated heterocycles. The van der Waals surface area contributed by atoms with E-state index in [1.54, 1.807) is 4.90 Å². The zero-order chi connectivity index (χ0) is 12.8. The van der Waals surface area contributed by atoms with Gasteiger partial charge in [-0.1, -0.05) is 13.3 Å². The van der Waals surface area contributed by atoms with Crippen LogP contribution in [0.5, 0.6) is 0 Å². The number of carbonyl (C=O) groups excluding carboxylic acids is 2. The Kier molecular flexibility index (Phi) is 5.37. The summed E-state index contributed by atoms with van der Waals surface area (Å²) < 4.78 is 0. The molecule has 98 valence electrons. The average molecular weight is 242 g/mol. The van der Waals surface area contributed by atoms with Crippen molar-refractivity contribution >= 4 is 11.8 Å². The number of nitrogens with zero attached hydrogens (tertiary/aromatic N) is 2. The molecule has 0 aromatic rings. The molecule has 0 spiro atoms. The van der Waals surface area contributed by atoms with Crippen LogP contribution in [-0.4, -0.2) is 60.4 Å². The maximum absolute atomic E-state index is 11.9. The van der Waals surface area contributed by atoms with E-state index in [4.69, 9.17) is 11.5 Å². The molecule has 1 rings (SSSR count). The Labute approximate surface area is 102 Å². The van der Waals surface area contributed by atoms with E-state index in [1.165, 1.54) is 0 Å². The smallest absolute Gasteiger partial charge is 0.239 e. The summed E-state index contributed by atoms with van der Waals surface area (Å²) in [5.74, 6) is -0.307. The second kappa shape index (κ2) is 6.56. The summed E-state index contributed by atoms with van der Waals surface area (Å²) in [4.78, 5) is 26.4. The molecule has 1 fully saturated rings. The fourth-order valence-electron chi connectivity index (χ4n) is 2.02. The van der Waals surface area contributed by atoms with E-state index in [0.717, 1.165) is 12.8 Å². The molecule has 4 N–H and O–H groups in total. The van der Waals surface area contributed by atoms with Crippen LogP contribution in [0, 0.1) is 0 Å². The van der Waals surface area contributed by atoms with Crippen LogP contribution in [-0.2, 0) is 9.59 Å². The van der Waals surface area contributed by atoms with Gasteiger partial charge in [0.15, 0.2) is 0 Å². The van der Waals surface area contributed by atoms with Crippen molar-refractivity contribution in [3.63, 3.8) is 0 Å². The molecule has 0 saturated carbocycles. The van der Waals surface area contributed by atoms with E-state index in [0.29, 0.717) is 26.2 Å². The van der Waals surface area contributed by atoms with Crippen LogP contribution in [0.25, 0.3) is 0 Å². The Morgan fingerprint density at radius 2 is 1.82 bits per heavy atom. The van der Waals surface area contributed by atoms with E-state index in [1.807, 2.05) is 11.8 Å². The monoisotopic (exact) mass is 242 g/mol. The first kappa shape index (κ1) is 13.9. The van der Waals surface area contributed by atoms with Crippen molar-refractivity contribution in [3.8, 4) is 0 Å². The number of nitrogens with two attached hydrogens (primary N) is 2. The Bertz CT molecular complexity index is 275. The zero-order valence-corrected chi connectivity index (χ0v) is 10.4. The third kappa shape index (κ3) is 4.32. The van der Waals surface area contributed by atoms with Gasteiger partial charge < -0.3 is 16.4 Å². The zero-order valence-electron chi connectivity index (χ0n) is 10.4. The van der Waals surface area contributed by atoms with Gasteiger partial charge in [0.25, 0.3) is 0 Å². The maximum atomic E-state index is 11.9. The van der Waals surface area contributed by atoms with Gasteiger partial charge in [0.2, 0.25) is 11.8 Å². The summed E-state index contributed by atoms with van der Waals surface area (Å²) in [6, 6.07) is -0.386. The molecular formula is C11H22N4O2. The second-order valence-corrected chi connectivity index (χ2v) is 4.46. The molecule has 0 aromatic heterocycles. The predicted octanol–water partition coefficient (Wildman–Crippen LogP) is -1.26. The van der Waals surface area contributed by atoms with Gasteiger partial charge in [-0.25, -0.2) is 0 Å². The largest absolute Gasteiger partial charge is 0.369 e. The minimum atomic E-state index is -0.386. The van der Waals surface area contributed by atoms with Gasteiger partial charge in [-0.15, -0.1) is 0 Å². The number of amides is 2. The molecule has 1 aliphatic rings. The van der Waals surface area contributed by atoms with Gasteiger partial charge in [0, 0.05) is 26.2 Å². The number of primary amides is 1. The topological polar surface area (TPSA) is 92.7 Å². The number of rotatable bonds is 5. The molecule has 1 unspecified atom stereocenters. The Balaban J connectivity index is 2.35. The number of piperazine rings is 1. The predicted molar refractivity (Wildman–Crippen MR) is 65.1 cm³/mol. The maximum Gasteiger partial charge on any atom is 0.239 e. The fraction of sp³-hybridized carbons (Fsp3) is 0.818. The third-order valence-electron chi connectivity index (χ3n) is 2.98.